The van der Waals surface area contributed by atoms with Crippen LogP contribution in [-0.4, -0.2) is 14.4 Å². The van der Waals surface area contributed by atoms with Crippen LogP contribution in [0.5, 0.6) is 0 Å². The smallest absolute Gasteiger partial charge is 0.145 e. The highest BCUT2D eigenvalue weighted by molar-refractivity contribution is 6.94. The largest absolute Gasteiger partial charge is 0.298 e. The molecule has 0 bridgehead atoms. The zero-order valence-corrected chi connectivity index (χ0v) is 12.9. The molecular weight excluding hydrogens is 248 g/mol. The highest BCUT2D eigenvalue weighted by Crippen LogP contribution is 2.13. The van der Waals surface area contributed by atoms with E-state index in [1.807, 2.05) is 6.07 Å². The average molecular weight is 270 g/mol. The van der Waals surface area contributed by atoms with Crippen LogP contribution < -0.4 is 5.19 Å². The lowest BCUT2D eigenvalue weighted by molar-refractivity contribution is -0.105. The van der Waals surface area contributed by atoms with Crippen LogP contribution in [-0.2, 0) is 4.79 Å². The van der Waals surface area contributed by atoms with Gasteiger partial charge in [0.25, 0.3) is 0 Å². The molecule has 0 aromatic heterocycles. The first-order chi connectivity index (χ1) is 9.10. The summed E-state index contributed by atoms with van der Waals surface area (Å²) in [5.41, 5.74) is 3.14. The predicted molar refractivity (Wildman–Crippen MR) is 85.0 cm³/mol. The number of rotatable bonds is 7. The summed E-state index contributed by atoms with van der Waals surface area (Å²) < 4.78 is 0. The molecule has 0 amide bonds. The number of aldehydes is 1. The van der Waals surface area contributed by atoms with E-state index < -0.39 is 8.07 Å². The van der Waals surface area contributed by atoms with E-state index in [4.69, 9.17) is 6.42 Å². The summed E-state index contributed by atoms with van der Waals surface area (Å²) in [6.07, 6.45) is 9.86. The summed E-state index contributed by atoms with van der Waals surface area (Å²) in [6.45, 7) is 4.54. The maximum atomic E-state index is 11.2. The number of hydrogen-bond acceptors (Lipinski definition) is 1. The quantitative estimate of drug-likeness (QED) is 0.244. The van der Waals surface area contributed by atoms with E-state index in [0.29, 0.717) is 0 Å². The Bertz CT molecular complexity index is 466. The summed E-state index contributed by atoms with van der Waals surface area (Å²) in [4.78, 5) is 11.2. The molecule has 0 aliphatic heterocycles. The van der Waals surface area contributed by atoms with Gasteiger partial charge in [-0.2, -0.15) is 0 Å². The number of carbonyl (C=O) groups is 1. The lowest BCUT2D eigenvalue weighted by atomic mass is 10.1. The molecule has 0 saturated heterocycles. The zero-order chi connectivity index (χ0) is 14.1. The lowest BCUT2D eigenvalue weighted by Crippen LogP contribution is -2.39. The van der Waals surface area contributed by atoms with Crippen molar-refractivity contribution < 1.29 is 4.79 Å². The fourth-order valence-electron chi connectivity index (χ4n) is 2.14. The van der Waals surface area contributed by atoms with E-state index in [2.05, 4.69) is 49.0 Å². The van der Waals surface area contributed by atoms with Gasteiger partial charge >= 0.3 is 0 Å². The topological polar surface area (TPSA) is 17.1 Å². The molecule has 0 unspecified atom stereocenters. The first-order valence-electron chi connectivity index (χ1n) is 6.76. The van der Waals surface area contributed by atoms with Crippen LogP contribution >= 0.6 is 0 Å². The van der Waals surface area contributed by atoms with Gasteiger partial charge in [-0.15, -0.1) is 12.3 Å². The van der Waals surface area contributed by atoms with Crippen molar-refractivity contribution in [2.45, 2.75) is 38.8 Å². The second-order valence-electron chi connectivity index (χ2n) is 5.34. The molecule has 1 aromatic rings. The van der Waals surface area contributed by atoms with Crippen LogP contribution in [0.1, 0.15) is 25.7 Å². The van der Waals surface area contributed by atoms with Gasteiger partial charge < -0.3 is 0 Å². The molecule has 0 aliphatic rings. The molecule has 0 aliphatic carbocycles. The second kappa shape index (κ2) is 7.76. The van der Waals surface area contributed by atoms with Crippen LogP contribution in [0.3, 0.4) is 0 Å². The second-order valence-corrected chi connectivity index (χ2v) is 9.65. The third-order valence-corrected chi connectivity index (χ3v) is 6.17. The minimum Gasteiger partial charge on any atom is -0.298 e. The Morgan fingerprint density at radius 3 is 2.53 bits per heavy atom. The zero-order valence-electron chi connectivity index (χ0n) is 11.9. The van der Waals surface area contributed by atoms with E-state index in [0.717, 1.165) is 37.5 Å². The molecule has 1 nitrogen and oxygen atoms in total. The number of allylic oxidation sites excluding steroid dienone is 1. The fraction of sp³-hybridized carbons (Fsp3) is 0.353. The molecule has 1 rings (SSSR count). The van der Waals surface area contributed by atoms with E-state index in [-0.39, 0.29) is 0 Å². The fourth-order valence-corrected chi connectivity index (χ4v) is 4.49. The Kier molecular flexibility index (Phi) is 6.31. The molecule has 0 spiro atoms. The Morgan fingerprint density at radius 2 is 1.95 bits per heavy atom. The number of terminal acetylenes is 1. The summed E-state index contributed by atoms with van der Waals surface area (Å²) in [5, 5.41) is 1.36. The molecule has 2 heteroatoms. The minimum atomic E-state index is -1.67. The van der Waals surface area contributed by atoms with Crippen molar-refractivity contribution >= 4 is 19.5 Å². The molecule has 0 fully saturated rings. The number of carbonyl (C=O) groups excluding carboxylic acids is 1. The minimum absolute atomic E-state index is 0.797. The summed E-state index contributed by atoms with van der Waals surface area (Å²) in [6, 6.07) is 10.5. The van der Waals surface area contributed by atoms with Gasteiger partial charge in [0.05, 0.1) is 0 Å². The third-order valence-electron chi connectivity index (χ3n) is 3.25. The van der Waals surface area contributed by atoms with Gasteiger partial charge in [-0.25, -0.2) is 0 Å². The maximum absolute atomic E-state index is 11.2. The molecule has 19 heavy (non-hydrogen) atoms. The van der Waals surface area contributed by atoms with Crippen molar-refractivity contribution in [3.05, 3.63) is 41.6 Å². The van der Waals surface area contributed by atoms with Gasteiger partial charge in [-0.1, -0.05) is 54.3 Å². The summed E-state index contributed by atoms with van der Waals surface area (Å²) >= 11 is 0. The van der Waals surface area contributed by atoms with Crippen molar-refractivity contribution in [3.63, 3.8) is 0 Å². The first-order valence-corrected chi connectivity index (χ1v) is 9.84. The first kappa shape index (κ1) is 15.5. The van der Waals surface area contributed by atoms with E-state index >= 15 is 0 Å². The molecular formula is C17H22OSi. The van der Waals surface area contributed by atoms with Crippen LogP contribution in [0.15, 0.2) is 41.6 Å². The van der Waals surface area contributed by atoms with E-state index in [1.54, 1.807) is 0 Å². The van der Waals surface area contributed by atoms with E-state index in [9.17, 15) is 4.79 Å². The van der Waals surface area contributed by atoms with Crippen molar-refractivity contribution in [2.24, 2.45) is 0 Å². The molecule has 0 N–H and O–H groups in total. The monoisotopic (exact) mass is 270 g/mol. The normalized spacial score (nSPS) is 11.9. The molecule has 0 saturated carbocycles. The molecule has 0 atom stereocenters. The summed E-state index contributed by atoms with van der Waals surface area (Å²) in [5.74, 6) is 2.63. The van der Waals surface area contributed by atoms with Crippen LogP contribution in [0.4, 0.5) is 0 Å². The Labute approximate surface area is 117 Å². The number of hydrogen-bond donors (Lipinski definition) is 0. The van der Waals surface area contributed by atoms with Crippen LogP contribution in [0, 0.1) is 12.3 Å². The summed E-state index contributed by atoms with van der Waals surface area (Å²) in [7, 11) is -1.67. The SMILES string of the molecule is C#CCCCC/C(C=O)=C/[Si](C)(C)c1ccccc1. The predicted octanol–water partition coefficient (Wildman–Crippen LogP) is 3.46. The van der Waals surface area contributed by atoms with Crippen LogP contribution in [0.2, 0.25) is 13.1 Å². The van der Waals surface area contributed by atoms with Crippen molar-refractivity contribution in [2.75, 3.05) is 0 Å². The van der Waals surface area contributed by atoms with Crippen molar-refractivity contribution in [1.82, 2.24) is 0 Å². The standard InChI is InChI=1S/C17H22OSi/c1-4-5-6-8-11-16(14-18)15-19(2,3)17-12-9-7-10-13-17/h1,7,9-10,12-15H,5-6,8,11H2,2-3H3/b16-15-. The van der Waals surface area contributed by atoms with E-state index in [1.165, 1.54) is 5.19 Å². The van der Waals surface area contributed by atoms with Crippen LogP contribution in [0.25, 0.3) is 0 Å². The molecule has 0 heterocycles. The molecule has 1 aromatic carbocycles. The Hall–Kier alpha value is -1.59. The van der Waals surface area contributed by atoms with Crippen molar-refractivity contribution in [3.8, 4) is 12.3 Å². The van der Waals surface area contributed by atoms with Gasteiger partial charge in [0.2, 0.25) is 0 Å². The molecule has 100 valence electrons. The van der Waals surface area contributed by atoms with Gasteiger partial charge in [-0.3, -0.25) is 4.79 Å². The lowest BCUT2D eigenvalue weighted by Gasteiger charge is -2.19. The number of benzene rings is 1. The highest BCUT2D eigenvalue weighted by Gasteiger charge is 2.20. The number of unbranched alkanes of at least 4 members (excludes halogenated alkanes) is 2. The highest BCUT2D eigenvalue weighted by atomic mass is 28.3. The van der Waals surface area contributed by atoms with Gasteiger partial charge in [0, 0.05) is 6.42 Å². The Balaban J connectivity index is 2.73. The molecule has 0 radical (unpaired) electrons. The third kappa shape index (κ3) is 5.28. The Morgan fingerprint density at radius 1 is 1.26 bits per heavy atom. The van der Waals surface area contributed by atoms with Gasteiger partial charge in [0.1, 0.15) is 14.4 Å². The maximum Gasteiger partial charge on any atom is 0.145 e. The van der Waals surface area contributed by atoms with Gasteiger partial charge in [0.15, 0.2) is 0 Å². The van der Waals surface area contributed by atoms with Crippen molar-refractivity contribution in [1.29, 1.82) is 0 Å². The average Bonchev–Trinajstić information content (AvgIpc) is 2.43. The van der Waals surface area contributed by atoms with Gasteiger partial charge in [-0.05, 0) is 24.8 Å².